The first-order valence-corrected chi connectivity index (χ1v) is 13.6. The number of alkyl halides is 3. The quantitative estimate of drug-likeness (QED) is 0.0714. The Balaban J connectivity index is -0.000000551. The zero-order valence-corrected chi connectivity index (χ0v) is 33.7. The van der Waals surface area contributed by atoms with Gasteiger partial charge in [-0.25, -0.2) is 14.0 Å². The number of hydrogen-bond acceptors (Lipinski definition) is 7. The average molecular weight is 821 g/mol. The predicted octanol–water partition coefficient (Wildman–Crippen LogP) is -0.217. The molecule has 0 aliphatic heterocycles. The Hall–Kier alpha value is 0.463. The van der Waals surface area contributed by atoms with Crippen molar-refractivity contribution in [2.24, 2.45) is 0 Å². The van der Waals surface area contributed by atoms with Crippen LogP contribution in [0.15, 0.2) is 57.7 Å². The van der Waals surface area contributed by atoms with Crippen molar-refractivity contribution in [2.45, 2.75) is 6.54 Å². The summed E-state index contributed by atoms with van der Waals surface area (Å²) >= 11 is 9.66. The molecule has 4 aromatic rings. The van der Waals surface area contributed by atoms with E-state index in [4.69, 9.17) is 14.8 Å². The minimum Gasteiger partial charge on any atom is -1.00 e. The van der Waals surface area contributed by atoms with Crippen molar-refractivity contribution in [2.75, 3.05) is 32.9 Å². The standard InChI is InChI=1S/C12H11BrFNO2.C10H8BrNO2.C2H4BrF.CH2O3.2K.H/c1-17-12(16)8-7-15(6-5-14)10-4-2-3-9(13)11(8)10;1-14-10(13)6-5-12-8-4-2-3-7(11)9(6)8;3-1-2-4;2-1-4-3;;;/h2-4,7H,5-6H2,1H3;2-5,12H,1H3;1-2H2;1,3H;;;/q;;;;2*+1;-1/p-1. The van der Waals surface area contributed by atoms with E-state index in [0.29, 0.717) is 16.5 Å². The molecule has 41 heavy (non-hydrogen) atoms. The number of aryl methyl sites for hydroxylation is 1. The number of benzene rings is 2. The van der Waals surface area contributed by atoms with Gasteiger partial charge in [0.25, 0.3) is 6.47 Å². The summed E-state index contributed by atoms with van der Waals surface area (Å²) in [5.41, 5.74) is 2.73. The Kier molecular flexibility index (Phi) is 26.3. The third-order valence-electron chi connectivity index (χ3n) is 4.76. The fraction of sp³-hybridized carbons (Fsp3) is 0.240. The van der Waals surface area contributed by atoms with Gasteiger partial charge in [0.1, 0.15) is 6.67 Å². The molecule has 0 bridgehead atoms. The molecule has 0 aliphatic rings. The largest absolute Gasteiger partial charge is 1.00 e. The van der Waals surface area contributed by atoms with Gasteiger partial charge >= 0.3 is 115 Å². The van der Waals surface area contributed by atoms with Crippen LogP contribution in [0, 0.1) is 0 Å². The molecule has 0 amide bonds. The predicted molar refractivity (Wildman–Crippen MR) is 152 cm³/mol. The van der Waals surface area contributed by atoms with Crippen LogP contribution in [0.25, 0.3) is 21.8 Å². The molecule has 214 valence electrons. The van der Waals surface area contributed by atoms with Gasteiger partial charge in [-0.3, -0.25) is 9.18 Å². The second kappa shape index (κ2) is 24.7. The zero-order valence-electron chi connectivity index (χ0n) is 23.7. The van der Waals surface area contributed by atoms with E-state index in [1.165, 1.54) is 14.2 Å². The van der Waals surface area contributed by atoms with Crippen molar-refractivity contribution in [1.82, 2.24) is 9.55 Å². The summed E-state index contributed by atoms with van der Waals surface area (Å²) in [6.45, 7) is -0.694. The van der Waals surface area contributed by atoms with Gasteiger partial charge in [0.05, 0.1) is 44.1 Å². The van der Waals surface area contributed by atoms with E-state index in [9.17, 15) is 18.4 Å². The van der Waals surface area contributed by atoms with Gasteiger partial charge in [-0.05, 0) is 24.3 Å². The molecule has 0 atom stereocenters. The maximum atomic E-state index is 12.5. The van der Waals surface area contributed by atoms with Crippen LogP contribution in [0.3, 0.4) is 0 Å². The van der Waals surface area contributed by atoms with E-state index >= 15 is 0 Å². The molecule has 16 heteroatoms. The number of rotatable bonds is 6. The first-order chi connectivity index (χ1) is 18.7. The Morgan fingerprint density at radius 3 is 1.98 bits per heavy atom. The number of aromatic nitrogens is 2. The first kappa shape index (κ1) is 43.6. The van der Waals surface area contributed by atoms with E-state index < -0.39 is 12.6 Å². The number of halogens is 5. The van der Waals surface area contributed by atoms with Gasteiger partial charge in [-0.2, -0.15) is 0 Å². The molecule has 0 saturated heterocycles. The average Bonchev–Trinajstić information content (AvgIpc) is 3.57. The van der Waals surface area contributed by atoms with E-state index in [-0.39, 0.29) is 130 Å². The van der Waals surface area contributed by atoms with Crippen molar-refractivity contribution >= 4 is 88.0 Å². The molecule has 0 fully saturated rings. The minimum absolute atomic E-state index is 0. The topological polar surface area (TPSA) is 123 Å². The summed E-state index contributed by atoms with van der Waals surface area (Å²) in [6, 6.07) is 11.2. The van der Waals surface area contributed by atoms with Crippen LogP contribution in [-0.4, -0.2) is 60.9 Å². The molecule has 2 aromatic heterocycles. The summed E-state index contributed by atoms with van der Waals surface area (Å²) < 4.78 is 35.9. The Morgan fingerprint density at radius 1 is 0.976 bits per heavy atom. The van der Waals surface area contributed by atoms with Crippen LogP contribution in [0.1, 0.15) is 22.1 Å². The van der Waals surface area contributed by atoms with Gasteiger partial charge in [0, 0.05) is 43.0 Å². The molecule has 4 rings (SSSR count). The summed E-state index contributed by atoms with van der Waals surface area (Å²) in [6.07, 6.45) is 3.28. The van der Waals surface area contributed by atoms with Crippen LogP contribution in [-0.2, 0) is 25.7 Å². The summed E-state index contributed by atoms with van der Waals surface area (Å²) in [7, 11) is 2.70. The molecule has 0 aliphatic carbocycles. The minimum atomic E-state index is -0.475. The molecular formula is C25H25Br3F2K2N2O7. The molecule has 2 aromatic carbocycles. The number of esters is 2. The second-order valence-electron chi connectivity index (χ2n) is 6.98. The zero-order chi connectivity index (χ0) is 29.4. The Morgan fingerprint density at radius 2 is 1.49 bits per heavy atom. The number of methoxy groups -OCH3 is 2. The van der Waals surface area contributed by atoms with Crippen LogP contribution >= 0.6 is 47.8 Å². The number of hydrogen-bond donors (Lipinski definition) is 1. The van der Waals surface area contributed by atoms with Gasteiger partial charge in [0.2, 0.25) is 0 Å². The normalized spacial score (nSPS) is 9.27. The van der Waals surface area contributed by atoms with Crippen LogP contribution in [0.2, 0.25) is 0 Å². The fourth-order valence-electron chi connectivity index (χ4n) is 3.26. The van der Waals surface area contributed by atoms with Crippen molar-refractivity contribution in [3.63, 3.8) is 0 Å². The molecule has 9 nitrogen and oxygen atoms in total. The second-order valence-corrected chi connectivity index (χ2v) is 9.48. The van der Waals surface area contributed by atoms with Crippen molar-refractivity contribution in [1.29, 1.82) is 0 Å². The number of nitrogens with zero attached hydrogens (tertiary/aromatic N) is 1. The number of fused-ring (bicyclic) bond motifs is 2. The summed E-state index contributed by atoms with van der Waals surface area (Å²) in [5, 5.41) is 10.5. The van der Waals surface area contributed by atoms with Gasteiger partial charge < -0.3 is 30.6 Å². The number of carbonyl (C=O) groups is 3. The van der Waals surface area contributed by atoms with Gasteiger partial charge in [-0.15, -0.1) is 0 Å². The fourth-order valence-corrected chi connectivity index (χ4v) is 4.41. The third-order valence-corrected chi connectivity index (χ3v) is 6.38. The Bertz CT molecular complexity index is 1380. The molecule has 1 N–H and O–H groups in total. The van der Waals surface area contributed by atoms with E-state index in [1.807, 2.05) is 36.4 Å². The summed E-state index contributed by atoms with van der Waals surface area (Å²) in [4.78, 5) is 37.3. The van der Waals surface area contributed by atoms with Crippen LogP contribution in [0.5, 0.6) is 0 Å². The number of carbonyl (C=O) groups excluding carboxylic acids is 3. The SMILES string of the molecule is COC(=O)c1c[nH]c2cccc(Br)c12.COC(=O)c1cn(CCF)c2cccc(Br)c12.FCCBr.O=CO[O-].[H-].[K+].[K+]. The number of aromatic amines is 1. The van der Waals surface area contributed by atoms with Crippen molar-refractivity contribution in [3.05, 3.63) is 68.9 Å². The maximum absolute atomic E-state index is 12.5. The monoisotopic (exact) mass is 818 g/mol. The number of H-pyrrole nitrogens is 1. The van der Waals surface area contributed by atoms with Crippen molar-refractivity contribution in [3.8, 4) is 0 Å². The van der Waals surface area contributed by atoms with Gasteiger partial charge in [0.15, 0.2) is 0 Å². The van der Waals surface area contributed by atoms with Gasteiger partial charge in [-0.1, -0.05) is 59.9 Å². The third kappa shape index (κ3) is 13.6. The molecule has 0 radical (unpaired) electrons. The number of nitrogens with one attached hydrogen (secondary N) is 1. The van der Waals surface area contributed by atoms with E-state index in [2.05, 4.69) is 62.4 Å². The van der Waals surface area contributed by atoms with Crippen LogP contribution < -0.4 is 108 Å². The molecule has 2 heterocycles. The smallest absolute Gasteiger partial charge is 1.00 e. The van der Waals surface area contributed by atoms with Crippen LogP contribution in [0.4, 0.5) is 8.78 Å². The molecule has 0 spiro atoms. The summed E-state index contributed by atoms with van der Waals surface area (Å²) in [5.74, 6) is -0.748. The van der Waals surface area contributed by atoms with E-state index in [1.54, 1.807) is 17.0 Å². The van der Waals surface area contributed by atoms with Crippen molar-refractivity contribution < 1.29 is 147 Å². The van der Waals surface area contributed by atoms with E-state index in [0.717, 1.165) is 30.8 Å². The molecule has 0 saturated carbocycles. The molecular weight excluding hydrogens is 796 g/mol. The molecule has 0 unspecified atom stereocenters. The number of ether oxygens (including phenoxy) is 2. The Labute approximate surface area is 347 Å². The first-order valence-electron chi connectivity index (χ1n) is 10.9. The maximum Gasteiger partial charge on any atom is 1.00 e.